The second-order valence-electron chi connectivity index (χ2n) is 23.9. The Labute approximate surface area is 524 Å². The maximum absolute atomic E-state index is 2.44. The molecule has 0 N–H and O–H groups in total. The molecule has 416 valence electrons. The first-order valence-electron chi connectivity index (χ1n) is 31.3. The molecule has 0 saturated heterocycles. The van der Waals surface area contributed by atoms with E-state index in [0.717, 1.165) is 0 Å². The normalized spacial score (nSPS) is 11.8. The van der Waals surface area contributed by atoms with Crippen molar-refractivity contribution in [2.75, 3.05) is 0 Å². The number of rotatable bonds is 10. The fourth-order valence-electron chi connectivity index (χ4n) is 15.6. The lowest BCUT2D eigenvalue weighted by Gasteiger charge is -2.26. The van der Waals surface area contributed by atoms with Gasteiger partial charge in [0, 0.05) is 0 Å². The van der Waals surface area contributed by atoms with Crippen molar-refractivity contribution in [2.45, 2.75) is 0 Å². The third-order valence-electron chi connectivity index (χ3n) is 19.2. The van der Waals surface area contributed by atoms with Crippen LogP contribution in [0.4, 0.5) is 0 Å². The van der Waals surface area contributed by atoms with E-state index in [-0.39, 0.29) is 0 Å². The van der Waals surface area contributed by atoms with Crippen LogP contribution in [0, 0.1) is 0 Å². The minimum atomic E-state index is 1.19. The van der Waals surface area contributed by atoms with Gasteiger partial charge in [-0.25, -0.2) is 0 Å². The first-order valence-corrected chi connectivity index (χ1v) is 31.3. The Kier molecular flexibility index (Phi) is 12.0. The Bertz CT molecular complexity index is 4920. The summed E-state index contributed by atoms with van der Waals surface area (Å²) >= 11 is 0. The van der Waals surface area contributed by atoms with Crippen LogP contribution in [-0.4, -0.2) is 0 Å². The molecule has 0 amide bonds. The van der Waals surface area contributed by atoms with Gasteiger partial charge in [0.05, 0.1) is 0 Å². The standard InChI is InChI=1S/C90H56/c1-9-29-57(30-10-1)77-79(59-33-13-3-14-34-59)83(63-41-21-7-22-42-63)89-75-55-53-69(71-49-27-51-73(85(71)75)87(89)81(77)61-37-17-5-18-38-61)67-47-25-46-66-65(67)45-26-48-68(66)70-54-56-76-86-72(70)50-28-52-74(86)88-82(62-39-19-6-20-40-62)78(58-31-11-2-12-32-58)80(60-35-15-4-16-36-60)84(90(76)88)64-43-23-8-24-44-64/h1-56H. The molecule has 16 aromatic rings. The van der Waals surface area contributed by atoms with Gasteiger partial charge >= 0.3 is 0 Å². The zero-order valence-corrected chi connectivity index (χ0v) is 49.3. The number of benzene rings is 16. The predicted molar refractivity (Wildman–Crippen MR) is 382 cm³/mol. The zero-order chi connectivity index (χ0) is 59.2. The fraction of sp³-hybridized carbons (Fsp3) is 0. The van der Waals surface area contributed by atoms with Crippen molar-refractivity contribution in [3.63, 3.8) is 0 Å². The highest BCUT2D eigenvalue weighted by molar-refractivity contribution is 6.30. The van der Waals surface area contributed by atoms with Gasteiger partial charge < -0.3 is 0 Å². The Balaban J connectivity index is 0.873. The van der Waals surface area contributed by atoms with Gasteiger partial charge in [-0.05, 0) is 188 Å². The van der Waals surface area contributed by atoms with Crippen molar-refractivity contribution < 1.29 is 0 Å². The molecule has 0 aliphatic heterocycles. The minimum Gasteiger partial charge on any atom is -0.0622 e. The lowest BCUT2D eigenvalue weighted by molar-refractivity contribution is 1.54. The first-order chi connectivity index (χ1) is 44.8. The molecule has 2 aliphatic rings. The molecule has 0 aromatic heterocycles. The van der Waals surface area contributed by atoms with Gasteiger partial charge in [-0.3, -0.25) is 0 Å². The maximum atomic E-state index is 2.44. The molecule has 18 rings (SSSR count). The fourth-order valence-corrected chi connectivity index (χ4v) is 15.6. The first kappa shape index (κ1) is 51.5. The summed E-state index contributed by atoms with van der Waals surface area (Å²) in [6.45, 7) is 0. The number of fused-ring (bicyclic) bond motifs is 7. The molecule has 0 atom stereocenters. The van der Waals surface area contributed by atoms with E-state index in [1.54, 1.807) is 0 Å². The van der Waals surface area contributed by atoms with Crippen LogP contribution in [0.25, 0.3) is 188 Å². The monoisotopic (exact) mass is 1140 g/mol. The van der Waals surface area contributed by atoms with Crippen molar-refractivity contribution in [1.29, 1.82) is 0 Å². The van der Waals surface area contributed by atoms with E-state index in [9.17, 15) is 0 Å². The molecule has 0 saturated carbocycles. The van der Waals surface area contributed by atoms with Crippen LogP contribution in [0.15, 0.2) is 340 Å². The van der Waals surface area contributed by atoms with E-state index < -0.39 is 0 Å². The van der Waals surface area contributed by atoms with Crippen molar-refractivity contribution in [3.8, 4) is 156 Å². The van der Waals surface area contributed by atoms with Crippen LogP contribution >= 0.6 is 0 Å². The van der Waals surface area contributed by atoms with Crippen LogP contribution in [0.1, 0.15) is 0 Å². The van der Waals surface area contributed by atoms with Crippen LogP contribution in [0.5, 0.6) is 0 Å². The summed E-state index contributed by atoms with van der Waals surface area (Å²) < 4.78 is 0. The van der Waals surface area contributed by atoms with Gasteiger partial charge in [-0.1, -0.05) is 340 Å². The third kappa shape index (κ3) is 7.88. The van der Waals surface area contributed by atoms with Crippen LogP contribution in [-0.2, 0) is 0 Å². The van der Waals surface area contributed by atoms with Gasteiger partial charge in [0.25, 0.3) is 0 Å². The van der Waals surface area contributed by atoms with E-state index in [4.69, 9.17) is 0 Å². The summed E-state index contributed by atoms with van der Waals surface area (Å²) in [5, 5.41) is 7.52. The van der Waals surface area contributed by atoms with Gasteiger partial charge in [0.1, 0.15) is 0 Å². The molecule has 16 aromatic carbocycles. The predicted octanol–water partition coefficient (Wildman–Crippen LogP) is 25.1. The summed E-state index contributed by atoms with van der Waals surface area (Å²) in [5.74, 6) is 0. The van der Waals surface area contributed by atoms with Gasteiger partial charge in [0.2, 0.25) is 0 Å². The van der Waals surface area contributed by atoms with E-state index in [0.29, 0.717) is 0 Å². The number of hydrogen-bond donors (Lipinski definition) is 0. The summed E-state index contributed by atoms with van der Waals surface area (Å²) in [5.41, 5.74) is 34.6. The highest BCUT2D eigenvalue weighted by atomic mass is 14.4. The Hall–Kier alpha value is -11.7. The van der Waals surface area contributed by atoms with E-state index in [1.165, 1.54) is 188 Å². The molecule has 0 bridgehead atoms. The Morgan fingerprint density at radius 1 is 0.100 bits per heavy atom. The molecule has 0 heteroatoms. The molecule has 2 aliphatic carbocycles. The van der Waals surface area contributed by atoms with Crippen molar-refractivity contribution in [3.05, 3.63) is 340 Å². The summed E-state index contributed by atoms with van der Waals surface area (Å²) in [6.07, 6.45) is 0. The van der Waals surface area contributed by atoms with Crippen LogP contribution < -0.4 is 0 Å². The van der Waals surface area contributed by atoms with E-state index in [2.05, 4.69) is 340 Å². The van der Waals surface area contributed by atoms with E-state index in [1.807, 2.05) is 0 Å². The summed E-state index contributed by atoms with van der Waals surface area (Å²) in [7, 11) is 0. The molecule has 0 nitrogen and oxygen atoms in total. The Morgan fingerprint density at radius 2 is 0.267 bits per heavy atom. The highest BCUT2D eigenvalue weighted by Gasteiger charge is 2.37. The summed E-state index contributed by atoms with van der Waals surface area (Å²) in [6, 6.07) is 127. The molecule has 0 fully saturated rings. The molecule has 0 spiro atoms. The largest absolute Gasteiger partial charge is 0.0622 e. The minimum absolute atomic E-state index is 1.19. The third-order valence-corrected chi connectivity index (χ3v) is 19.2. The maximum Gasteiger partial charge on any atom is -0.000718 e. The molecule has 90 heavy (non-hydrogen) atoms. The second kappa shape index (κ2) is 21.0. The van der Waals surface area contributed by atoms with Gasteiger partial charge in [-0.15, -0.1) is 0 Å². The van der Waals surface area contributed by atoms with Crippen LogP contribution in [0.2, 0.25) is 0 Å². The average molecular weight is 1140 g/mol. The van der Waals surface area contributed by atoms with Crippen molar-refractivity contribution in [1.82, 2.24) is 0 Å². The molecular weight excluding hydrogens is 1080 g/mol. The van der Waals surface area contributed by atoms with Gasteiger partial charge in [0.15, 0.2) is 0 Å². The van der Waals surface area contributed by atoms with Crippen molar-refractivity contribution in [2.24, 2.45) is 0 Å². The summed E-state index contributed by atoms with van der Waals surface area (Å²) in [4.78, 5) is 0. The smallest absolute Gasteiger partial charge is 0.000718 e. The number of hydrogen-bond acceptors (Lipinski definition) is 0. The quantitative estimate of drug-likeness (QED) is 0.128. The molecule has 0 radical (unpaired) electrons. The molecule has 0 heterocycles. The second-order valence-corrected chi connectivity index (χ2v) is 23.9. The molecular formula is C90H56. The average Bonchev–Trinajstić information content (AvgIpc) is 1.51. The van der Waals surface area contributed by atoms with E-state index >= 15 is 0 Å². The SMILES string of the molecule is c1ccc(-c2c(-c3ccccc3)c(-c3ccccc3)c3c(c2-c2ccccc2)-c2cccc4c(-c5cccc6c(-c7ccc8c9c(cccc79)-c7c(-c9ccccc9)c(-c9ccccc9)c(-c9ccccc9)c(-c9ccccc9)c7-8)cccc56)ccc-3c24)cc1. The lowest BCUT2D eigenvalue weighted by atomic mass is 9.76. The highest BCUT2D eigenvalue weighted by Crippen LogP contribution is 2.64. The molecule has 0 unspecified atom stereocenters. The lowest BCUT2D eigenvalue weighted by Crippen LogP contribution is -1.99. The topological polar surface area (TPSA) is 0 Å². The zero-order valence-electron chi connectivity index (χ0n) is 49.3. The van der Waals surface area contributed by atoms with Crippen molar-refractivity contribution >= 4 is 32.3 Å². The Morgan fingerprint density at radius 3 is 0.500 bits per heavy atom. The van der Waals surface area contributed by atoms with Gasteiger partial charge in [-0.2, -0.15) is 0 Å². The van der Waals surface area contributed by atoms with Crippen LogP contribution in [0.3, 0.4) is 0 Å².